The fourth-order valence-electron chi connectivity index (χ4n) is 4.51. The maximum atomic E-state index is 13.2. The number of aromatic nitrogens is 1. The van der Waals surface area contributed by atoms with Crippen molar-refractivity contribution in [1.82, 2.24) is 4.57 Å². The van der Waals surface area contributed by atoms with Gasteiger partial charge in [-0.3, -0.25) is 4.79 Å². The molecule has 0 aliphatic rings. The van der Waals surface area contributed by atoms with Gasteiger partial charge in [0.1, 0.15) is 11.9 Å². The quantitative estimate of drug-likeness (QED) is 0.289. The maximum Gasteiger partial charge on any atom is 0.314 e. The van der Waals surface area contributed by atoms with Gasteiger partial charge in [-0.2, -0.15) is 0 Å². The molecule has 0 saturated carbocycles. The van der Waals surface area contributed by atoms with Crippen LogP contribution in [0.15, 0.2) is 79.1 Å². The van der Waals surface area contributed by atoms with E-state index in [0.717, 1.165) is 36.8 Å². The molecule has 0 radical (unpaired) electrons. The zero-order chi connectivity index (χ0) is 24.4. The molecule has 5 nitrogen and oxygen atoms in total. The Hall–Kier alpha value is -3.05. The van der Waals surface area contributed by atoms with Crippen molar-refractivity contribution < 1.29 is 19.4 Å². The molecule has 0 bridgehead atoms. The standard InChI is InChI=1S/C29H37NO4/c1-4-6-19-29(20-7-5-2,28(32)33-3)26(31)27(30-21-11-12-22-30)34-25-17-15-24(16-18-25)23-13-9-8-10-14-23/h8-18,21-22,26-27,31H,4-7,19-20H2,1-3H3. The zero-order valence-corrected chi connectivity index (χ0v) is 20.5. The lowest BCUT2D eigenvalue weighted by Gasteiger charge is -2.39. The molecule has 0 aliphatic heterocycles. The van der Waals surface area contributed by atoms with Crippen LogP contribution >= 0.6 is 0 Å². The number of nitrogens with zero attached hydrogens (tertiary/aromatic N) is 1. The monoisotopic (exact) mass is 463 g/mol. The van der Waals surface area contributed by atoms with E-state index in [-0.39, 0.29) is 5.97 Å². The summed E-state index contributed by atoms with van der Waals surface area (Å²) < 4.78 is 13.5. The van der Waals surface area contributed by atoms with Crippen LogP contribution in [0.4, 0.5) is 0 Å². The number of unbranched alkanes of at least 4 members (excludes halogenated alkanes) is 2. The van der Waals surface area contributed by atoms with Crippen molar-refractivity contribution in [3.63, 3.8) is 0 Å². The predicted octanol–water partition coefficient (Wildman–Crippen LogP) is 6.63. The van der Waals surface area contributed by atoms with Gasteiger partial charge in [-0.1, -0.05) is 82.0 Å². The first kappa shape index (κ1) is 25.6. The molecule has 3 rings (SSSR count). The Labute approximate surface area is 203 Å². The number of carbonyl (C=O) groups excluding carboxylic acids is 1. The van der Waals surface area contributed by atoms with Crippen LogP contribution in [0, 0.1) is 5.41 Å². The van der Waals surface area contributed by atoms with Crippen LogP contribution in [-0.2, 0) is 9.53 Å². The molecule has 1 heterocycles. The molecule has 0 spiro atoms. The topological polar surface area (TPSA) is 60.7 Å². The van der Waals surface area contributed by atoms with Gasteiger partial charge in [-0.15, -0.1) is 0 Å². The van der Waals surface area contributed by atoms with Crippen molar-refractivity contribution in [2.45, 2.75) is 64.7 Å². The van der Waals surface area contributed by atoms with E-state index in [9.17, 15) is 9.90 Å². The van der Waals surface area contributed by atoms with Gasteiger partial charge in [0.15, 0.2) is 0 Å². The molecule has 0 amide bonds. The maximum absolute atomic E-state index is 13.2. The van der Waals surface area contributed by atoms with E-state index < -0.39 is 17.7 Å². The Kier molecular flexibility index (Phi) is 9.34. The van der Waals surface area contributed by atoms with E-state index in [0.29, 0.717) is 18.6 Å². The Balaban J connectivity index is 1.94. The van der Waals surface area contributed by atoms with E-state index in [1.807, 2.05) is 71.6 Å². The Morgan fingerprint density at radius 3 is 1.97 bits per heavy atom. The minimum absolute atomic E-state index is 0.373. The molecule has 182 valence electrons. The molecule has 5 heteroatoms. The van der Waals surface area contributed by atoms with E-state index in [2.05, 4.69) is 26.0 Å². The molecule has 1 aromatic heterocycles. The molecule has 0 fully saturated rings. The van der Waals surface area contributed by atoms with Crippen LogP contribution in [0.2, 0.25) is 0 Å². The molecule has 2 aromatic carbocycles. The number of benzene rings is 2. The predicted molar refractivity (Wildman–Crippen MR) is 135 cm³/mol. The van der Waals surface area contributed by atoms with Crippen LogP contribution in [0.1, 0.15) is 58.6 Å². The van der Waals surface area contributed by atoms with E-state index >= 15 is 0 Å². The molecule has 0 aliphatic carbocycles. The van der Waals surface area contributed by atoms with Crippen molar-refractivity contribution in [1.29, 1.82) is 0 Å². The molecular weight excluding hydrogens is 426 g/mol. The van der Waals surface area contributed by atoms with Gasteiger partial charge in [0.2, 0.25) is 6.23 Å². The van der Waals surface area contributed by atoms with Crippen molar-refractivity contribution >= 4 is 5.97 Å². The fraction of sp³-hybridized carbons (Fsp3) is 0.414. The summed E-state index contributed by atoms with van der Waals surface area (Å²) in [5.41, 5.74) is 1.17. The average molecular weight is 464 g/mol. The number of hydrogen-bond donors (Lipinski definition) is 1. The summed E-state index contributed by atoms with van der Waals surface area (Å²) in [4.78, 5) is 13.2. The van der Waals surface area contributed by atoms with Crippen molar-refractivity contribution in [2.75, 3.05) is 7.11 Å². The number of esters is 1. The summed E-state index contributed by atoms with van der Waals surface area (Å²) in [5.74, 6) is 0.254. The van der Waals surface area contributed by atoms with Crippen LogP contribution in [0.3, 0.4) is 0 Å². The lowest BCUT2D eigenvalue weighted by molar-refractivity contribution is -0.172. The van der Waals surface area contributed by atoms with Crippen LogP contribution < -0.4 is 4.74 Å². The number of hydrogen-bond acceptors (Lipinski definition) is 4. The summed E-state index contributed by atoms with van der Waals surface area (Å²) in [6.07, 6.45) is 6.43. The lowest BCUT2D eigenvalue weighted by atomic mass is 9.72. The third kappa shape index (κ3) is 5.89. The summed E-state index contributed by atoms with van der Waals surface area (Å²) in [5, 5.41) is 11.8. The highest BCUT2D eigenvalue weighted by molar-refractivity contribution is 5.77. The number of rotatable bonds is 13. The van der Waals surface area contributed by atoms with Crippen molar-refractivity contribution in [3.8, 4) is 16.9 Å². The van der Waals surface area contributed by atoms with E-state index in [1.54, 1.807) is 0 Å². The van der Waals surface area contributed by atoms with Gasteiger partial charge in [-0.25, -0.2) is 0 Å². The molecule has 3 aromatic rings. The molecule has 34 heavy (non-hydrogen) atoms. The SMILES string of the molecule is CCCCC(CCCC)(C(=O)OC)C(O)C(Oc1ccc(-c2ccccc2)cc1)n1cccc1. The van der Waals surface area contributed by atoms with Crippen molar-refractivity contribution in [2.24, 2.45) is 5.41 Å². The highest BCUT2D eigenvalue weighted by Crippen LogP contribution is 2.41. The smallest absolute Gasteiger partial charge is 0.314 e. The van der Waals surface area contributed by atoms with Crippen LogP contribution in [-0.4, -0.2) is 28.9 Å². The van der Waals surface area contributed by atoms with Gasteiger partial charge in [-0.05, 0) is 48.2 Å². The Morgan fingerprint density at radius 1 is 0.882 bits per heavy atom. The number of aliphatic hydroxyl groups is 1. The van der Waals surface area contributed by atoms with Gasteiger partial charge >= 0.3 is 5.97 Å². The first-order valence-corrected chi connectivity index (χ1v) is 12.3. The lowest BCUT2D eigenvalue weighted by Crippen LogP contribution is -2.49. The van der Waals surface area contributed by atoms with Gasteiger partial charge in [0.25, 0.3) is 0 Å². The number of ether oxygens (including phenoxy) is 2. The highest BCUT2D eigenvalue weighted by atomic mass is 16.5. The Bertz CT molecular complexity index is 975. The molecular formula is C29H37NO4. The average Bonchev–Trinajstić information content (AvgIpc) is 3.42. The second-order valence-corrected chi connectivity index (χ2v) is 8.83. The number of aliphatic hydroxyl groups excluding tert-OH is 1. The van der Waals surface area contributed by atoms with Gasteiger partial charge < -0.3 is 19.1 Å². The number of methoxy groups -OCH3 is 1. The second-order valence-electron chi connectivity index (χ2n) is 8.83. The fourth-order valence-corrected chi connectivity index (χ4v) is 4.51. The van der Waals surface area contributed by atoms with Crippen LogP contribution in [0.5, 0.6) is 5.75 Å². The zero-order valence-electron chi connectivity index (χ0n) is 20.5. The first-order chi connectivity index (χ1) is 16.6. The van der Waals surface area contributed by atoms with Gasteiger partial charge in [0, 0.05) is 12.4 Å². The van der Waals surface area contributed by atoms with Crippen molar-refractivity contribution in [3.05, 3.63) is 79.1 Å². The summed E-state index contributed by atoms with van der Waals surface area (Å²) >= 11 is 0. The minimum Gasteiger partial charge on any atom is -0.469 e. The largest absolute Gasteiger partial charge is 0.469 e. The molecule has 0 saturated heterocycles. The summed E-state index contributed by atoms with van der Waals surface area (Å²) in [6.45, 7) is 4.17. The summed E-state index contributed by atoms with van der Waals surface area (Å²) in [6, 6.07) is 21.7. The first-order valence-electron chi connectivity index (χ1n) is 12.3. The minimum atomic E-state index is -1.08. The second kappa shape index (κ2) is 12.4. The highest BCUT2D eigenvalue weighted by Gasteiger charge is 2.49. The number of carbonyl (C=O) groups is 1. The van der Waals surface area contributed by atoms with E-state index in [4.69, 9.17) is 9.47 Å². The molecule has 2 atom stereocenters. The third-order valence-electron chi connectivity index (χ3n) is 6.52. The third-order valence-corrected chi connectivity index (χ3v) is 6.52. The Morgan fingerprint density at radius 2 is 1.44 bits per heavy atom. The summed E-state index contributed by atoms with van der Waals surface area (Å²) in [7, 11) is 1.40. The molecule has 2 unspecified atom stereocenters. The molecule has 1 N–H and O–H groups in total. The van der Waals surface area contributed by atoms with E-state index in [1.165, 1.54) is 7.11 Å². The van der Waals surface area contributed by atoms with Crippen LogP contribution in [0.25, 0.3) is 11.1 Å². The normalized spacial score (nSPS) is 13.3. The van der Waals surface area contributed by atoms with Gasteiger partial charge in [0.05, 0.1) is 12.5 Å².